The number of nitrogens with zero attached hydrogens (tertiary/aromatic N) is 1. The third-order valence-electron chi connectivity index (χ3n) is 4.69. The predicted octanol–water partition coefficient (Wildman–Crippen LogP) is 6.16. The Morgan fingerprint density at radius 2 is 1.77 bits per heavy atom. The predicted molar refractivity (Wildman–Crippen MR) is 121 cm³/mol. The summed E-state index contributed by atoms with van der Waals surface area (Å²) >= 11 is 1.76. The van der Waals surface area contributed by atoms with E-state index in [4.69, 9.17) is 9.47 Å². The van der Waals surface area contributed by atoms with Crippen molar-refractivity contribution in [3.8, 4) is 17.2 Å². The SMILES string of the molecule is CCOc1ccc(NC(=O)N2CCS[C@H]2c2cccc(Oc3ccccc3)c2)cc1. The molecule has 0 unspecified atom stereocenters. The van der Waals surface area contributed by atoms with Crippen molar-refractivity contribution < 1.29 is 14.3 Å². The Hall–Kier alpha value is -3.12. The standard InChI is InChI=1S/C24H24N2O3S/c1-2-28-20-13-11-19(12-14-20)25-24(27)26-15-16-30-23(26)18-7-6-10-22(17-18)29-21-8-4-3-5-9-21/h3-14,17,23H,2,15-16H2,1H3,(H,25,27)/t23-/m0/s1. The van der Waals surface area contributed by atoms with Crippen LogP contribution in [0.25, 0.3) is 0 Å². The van der Waals surface area contributed by atoms with E-state index in [1.807, 2.05) is 90.7 Å². The van der Waals surface area contributed by atoms with Crippen LogP contribution in [0.3, 0.4) is 0 Å². The van der Waals surface area contributed by atoms with Gasteiger partial charge in [-0.15, -0.1) is 11.8 Å². The number of ether oxygens (including phenoxy) is 2. The molecule has 1 heterocycles. The molecule has 1 aliphatic rings. The summed E-state index contributed by atoms with van der Waals surface area (Å²) in [6.45, 7) is 3.26. The lowest BCUT2D eigenvalue weighted by atomic mass is 10.2. The monoisotopic (exact) mass is 420 g/mol. The van der Waals surface area contributed by atoms with Crippen LogP contribution in [0.4, 0.5) is 10.5 Å². The number of para-hydroxylation sites is 1. The van der Waals surface area contributed by atoms with Crippen LogP contribution < -0.4 is 14.8 Å². The number of benzene rings is 3. The van der Waals surface area contributed by atoms with Gasteiger partial charge in [0.2, 0.25) is 0 Å². The molecule has 1 saturated heterocycles. The molecule has 1 fully saturated rings. The Morgan fingerprint density at radius 3 is 2.53 bits per heavy atom. The zero-order valence-electron chi connectivity index (χ0n) is 16.8. The Balaban J connectivity index is 1.45. The molecule has 3 aromatic carbocycles. The van der Waals surface area contributed by atoms with E-state index in [1.165, 1.54) is 0 Å². The van der Waals surface area contributed by atoms with Gasteiger partial charge >= 0.3 is 6.03 Å². The van der Waals surface area contributed by atoms with Crippen LogP contribution in [0.5, 0.6) is 17.2 Å². The third-order valence-corrected chi connectivity index (χ3v) is 5.95. The van der Waals surface area contributed by atoms with Gasteiger partial charge < -0.3 is 19.7 Å². The minimum absolute atomic E-state index is 0.0491. The molecular weight excluding hydrogens is 396 g/mol. The van der Waals surface area contributed by atoms with E-state index < -0.39 is 0 Å². The van der Waals surface area contributed by atoms with Crippen LogP contribution in [0.1, 0.15) is 17.9 Å². The fraction of sp³-hybridized carbons (Fsp3) is 0.208. The summed E-state index contributed by atoms with van der Waals surface area (Å²) in [5.41, 5.74) is 1.80. The van der Waals surface area contributed by atoms with Crippen molar-refractivity contribution in [1.29, 1.82) is 0 Å². The van der Waals surface area contributed by atoms with Crippen LogP contribution in [-0.2, 0) is 0 Å². The van der Waals surface area contributed by atoms with Crippen molar-refractivity contribution in [1.82, 2.24) is 4.90 Å². The quantitative estimate of drug-likeness (QED) is 0.519. The number of urea groups is 1. The molecule has 0 aliphatic carbocycles. The highest BCUT2D eigenvalue weighted by Crippen LogP contribution is 2.39. The lowest BCUT2D eigenvalue weighted by Crippen LogP contribution is -2.34. The average Bonchev–Trinajstić information content (AvgIpc) is 3.27. The van der Waals surface area contributed by atoms with Gasteiger partial charge in [-0.25, -0.2) is 4.79 Å². The van der Waals surface area contributed by atoms with E-state index in [9.17, 15) is 4.79 Å². The van der Waals surface area contributed by atoms with Crippen LogP contribution in [0.15, 0.2) is 78.9 Å². The number of amides is 2. The third kappa shape index (κ3) is 4.89. The summed E-state index contributed by atoms with van der Waals surface area (Å²) in [4.78, 5) is 14.8. The maximum atomic E-state index is 12.9. The van der Waals surface area contributed by atoms with Crippen LogP contribution in [0, 0.1) is 0 Å². The second kappa shape index (κ2) is 9.59. The molecule has 1 aliphatic heterocycles. The van der Waals surface area contributed by atoms with Gasteiger partial charge in [-0.3, -0.25) is 0 Å². The fourth-order valence-electron chi connectivity index (χ4n) is 3.31. The first-order chi connectivity index (χ1) is 14.7. The minimum atomic E-state index is -0.108. The highest BCUT2D eigenvalue weighted by molar-refractivity contribution is 7.99. The van der Waals surface area contributed by atoms with Gasteiger partial charge in [0.15, 0.2) is 0 Å². The summed E-state index contributed by atoms with van der Waals surface area (Å²) in [6.07, 6.45) is 0. The molecule has 0 bridgehead atoms. The van der Waals surface area contributed by atoms with E-state index in [0.717, 1.165) is 34.3 Å². The molecular formula is C24H24N2O3S. The molecule has 0 radical (unpaired) electrons. The van der Waals surface area contributed by atoms with Crippen molar-refractivity contribution in [3.05, 3.63) is 84.4 Å². The average molecular weight is 421 g/mol. The van der Waals surface area contributed by atoms with Gasteiger partial charge in [0, 0.05) is 18.0 Å². The summed E-state index contributed by atoms with van der Waals surface area (Å²) in [5.74, 6) is 3.24. The number of hydrogen-bond donors (Lipinski definition) is 1. The molecule has 0 aromatic heterocycles. The molecule has 4 rings (SSSR count). The van der Waals surface area contributed by atoms with Gasteiger partial charge in [-0.05, 0) is 61.0 Å². The van der Waals surface area contributed by atoms with Crippen molar-refractivity contribution in [2.24, 2.45) is 0 Å². The molecule has 6 heteroatoms. The number of anilines is 1. The molecule has 0 saturated carbocycles. The van der Waals surface area contributed by atoms with Crippen molar-refractivity contribution in [2.45, 2.75) is 12.3 Å². The van der Waals surface area contributed by atoms with Crippen molar-refractivity contribution in [2.75, 3.05) is 24.2 Å². The van der Waals surface area contributed by atoms with Crippen molar-refractivity contribution in [3.63, 3.8) is 0 Å². The van der Waals surface area contributed by atoms with E-state index in [1.54, 1.807) is 11.8 Å². The zero-order chi connectivity index (χ0) is 20.8. The largest absolute Gasteiger partial charge is 0.494 e. The normalized spacial score (nSPS) is 15.6. The smallest absolute Gasteiger partial charge is 0.323 e. The Morgan fingerprint density at radius 1 is 1.00 bits per heavy atom. The summed E-state index contributed by atoms with van der Waals surface area (Å²) in [7, 11) is 0. The first-order valence-electron chi connectivity index (χ1n) is 9.98. The van der Waals surface area contributed by atoms with Gasteiger partial charge in [-0.2, -0.15) is 0 Å². The van der Waals surface area contributed by atoms with E-state index in [0.29, 0.717) is 13.2 Å². The van der Waals surface area contributed by atoms with Gasteiger partial charge in [0.1, 0.15) is 22.6 Å². The molecule has 1 N–H and O–H groups in total. The zero-order valence-corrected chi connectivity index (χ0v) is 17.6. The number of rotatable bonds is 6. The number of hydrogen-bond acceptors (Lipinski definition) is 4. The van der Waals surface area contributed by atoms with Crippen LogP contribution in [-0.4, -0.2) is 29.8 Å². The Labute approximate surface area is 181 Å². The van der Waals surface area contributed by atoms with E-state index >= 15 is 0 Å². The fourth-order valence-corrected chi connectivity index (χ4v) is 4.55. The number of carbonyl (C=O) groups is 1. The molecule has 2 amide bonds. The maximum absolute atomic E-state index is 12.9. The molecule has 154 valence electrons. The van der Waals surface area contributed by atoms with Gasteiger partial charge in [0.05, 0.1) is 6.61 Å². The molecule has 1 atom stereocenters. The molecule has 5 nitrogen and oxygen atoms in total. The molecule has 3 aromatic rings. The number of thioether (sulfide) groups is 1. The van der Waals surface area contributed by atoms with E-state index in [-0.39, 0.29) is 11.4 Å². The highest BCUT2D eigenvalue weighted by atomic mass is 32.2. The topological polar surface area (TPSA) is 50.8 Å². The minimum Gasteiger partial charge on any atom is -0.494 e. The lowest BCUT2D eigenvalue weighted by molar-refractivity contribution is 0.214. The van der Waals surface area contributed by atoms with Gasteiger partial charge in [0.25, 0.3) is 0 Å². The van der Waals surface area contributed by atoms with Gasteiger partial charge in [-0.1, -0.05) is 30.3 Å². The second-order valence-corrected chi connectivity index (χ2v) is 7.98. The second-order valence-electron chi connectivity index (χ2n) is 6.79. The molecule has 0 spiro atoms. The van der Waals surface area contributed by atoms with Crippen molar-refractivity contribution >= 4 is 23.5 Å². The van der Waals surface area contributed by atoms with Crippen LogP contribution >= 0.6 is 11.8 Å². The first kappa shape index (κ1) is 20.2. The maximum Gasteiger partial charge on any atom is 0.323 e. The first-order valence-corrected chi connectivity index (χ1v) is 11.0. The number of nitrogens with one attached hydrogen (secondary N) is 1. The summed E-state index contributed by atoms with van der Waals surface area (Å²) in [5, 5.41) is 2.95. The Bertz CT molecular complexity index is 979. The van der Waals surface area contributed by atoms with E-state index in [2.05, 4.69) is 5.32 Å². The summed E-state index contributed by atoms with van der Waals surface area (Å²) < 4.78 is 11.4. The Kier molecular flexibility index (Phi) is 6.44. The van der Waals surface area contributed by atoms with Crippen LogP contribution in [0.2, 0.25) is 0 Å². The number of carbonyl (C=O) groups excluding carboxylic acids is 1. The highest BCUT2D eigenvalue weighted by Gasteiger charge is 2.31. The summed E-state index contributed by atoms with van der Waals surface area (Å²) in [6, 6.07) is 25.0. The molecule has 30 heavy (non-hydrogen) atoms. The lowest BCUT2D eigenvalue weighted by Gasteiger charge is -2.25.